The van der Waals surface area contributed by atoms with Gasteiger partial charge in [-0.1, -0.05) is 24.3 Å². The van der Waals surface area contributed by atoms with Crippen LogP contribution in [0.5, 0.6) is 0 Å². The van der Waals surface area contributed by atoms with Crippen LogP contribution in [-0.2, 0) is 26.8 Å². The molecular weight excluding hydrogens is 366 g/mol. The predicted molar refractivity (Wildman–Crippen MR) is 105 cm³/mol. The molecule has 2 N–H and O–H groups in total. The highest BCUT2D eigenvalue weighted by atomic mass is 32.2. The van der Waals surface area contributed by atoms with Gasteiger partial charge in [0.2, 0.25) is 5.91 Å². The molecule has 144 valence electrons. The minimum Gasteiger partial charge on any atom is -0.478 e. The van der Waals surface area contributed by atoms with Crippen LogP contribution < -0.4 is 5.32 Å². The second-order valence-corrected chi connectivity index (χ2v) is 10.0. The Morgan fingerprint density at radius 1 is 1.00 bits per heavy atom. The number of amides is 1. The van der Waals surface area contributed by atoms with Gasteiger partial charge < -0.3 is 10.4 Å². The maximum absolute atomic E-state index is 12.3. The molecule has 7 heteroatoms. The Morgan fingerprint density at radius 2 is 1.63 bits per heavy atom. The highest BCUT2D eigenvalue weighted by molar-refractivity contribution is 7.91. The molecule has 0 atom stereocenters. The number of carbonyl (C=O) groups excluding carboxylic acids is 1. The van der Waals surface area contributed by atoms with Crippen molar-refractivity contribution in [3.8, 4) is 0 Å². The standard InChI is InChI=1S/C20H23NO5S/c1-20(2,3)27(25,26)13-15-5-4-6-17(11-15)21-18(22)12-14-7-9-16(10-8-14)19(23)24/h4-11H,12-13H2,1-3H3,(H,21,22)(H,23,24). The van der Waals surface area contributed by atoms with E-state index < -0.39 is 20.6 Å². The van der Waals surface area contributed by atoms with Gasteiger partial charge in [0.25, 0.3) is 0 Å². The number of carboxylic acids is 1. The minimum absolute atomic E-state index is 0.0877. The minimum atomic E-state index is -3.32. The van der Waals surface area contributed by atoms with E-state index in [1.807, 2.05) is 0 Å². The summed E-state index contributed by atoms with van der Waals surface area (Å²) in [5.74, 6) is -1.39. The van der Waals surface area contributed by atoms with Crippen molar-refractivity contribution >= 4 is 27.4 Å². The number of sulfone groups is 1. The van der Waals surface area contributed by atoms with Gasteiger partial charge in [0, 0.05) is 5.69 Å². The van der Waals surface area contributed by atoms with Gasteiger partial charge in [-0.15, -0.1) is 0 Å². The number of carbonyl (C=O) groups is 2. The third-order valence-electron chi connectivity index (χ3n) is 4.07. The van der Waals surface area contributed by atoms with Crippen LogP contribution in [0, 0.1) is 0 Å². The summed E-state index contributed by atoms with van der Waals surface area (Å²) in [6.45, 7) is 4.97. The number of carboxylic acid groups (broad SMARTS) is 1. The Labute approximate surface area is 159 Å². The predicted octanol–water partition coefficient (Wildman–Crippen LogP) is 3.28. The van der Waals surface area contributed by atoms with Gasteiger partial charge in [-0.2, -0.15) is 0 Å². The lowest BCUT2D eigenvalue weighted by atomic mass is 10.1. The van der Waals surface area contributed by atoms with E-state index in [-0.39, 0.29) is 23.6 Å². The molecule has 2 rings (SSSR count). The molecule has 1 amide bonds. The maximum Gasteiger partial charge on any atom is 0.335 e. The lowest BCUT2D eigenvalue weighted by molar-refractivity contribution is -0.115. The number of aromatic carboxylic acids is 1. The zero-order valence-corrected chi connectivity index (χ0v) is 16.3. The summed E-state index contributed by atoms with van der Waals surface area (Å²) in [6, 6.07) is 12.8. The molecule has 0 aliphatic rings. The molecule has 27 heavy (non-hydrogen) atoms. The van der Waals surface area contributed by atoms with E-state index in [1.54, 1.807) is 57.2 Å². The van der Waals surface area contributed by atoms with E-state index in [1.165, 1.54) is 12.1 Å². The van der Waals surface area contributed by atoms with Crippen LogP contribution in [0.2, 0.25) is 0 Å². The second kappa shape index (κ2) is 7.92. The SMILES string of the molecule is CC(C)(C)S(=O)(=O)Cc1cccc(NC(=O)Cc2ccc(C(=O)O)cc2)c1. The molecule has 0 fully saturated rings. The quantitative estimate of drug-likeness (QED) is 0.790. The van der Waals surface area contributed by atoms with E-state index in [4.69, 9.17) is 5.11 Å². The Balaban J connectivity index is 2.05. The smallest absolute Gasteiger partial charge is 0.335 e. The molecule has 0 aromatic heterocycles. The molecule has 0 aliphatic carbocycles. The Bertz CT molecular complexity index is 941. The Morgan fingerprint density at radius 3 is 2.19 bits per heavy atom. The van der Waals surface area contributed by atoms with E-state index in [0.29, 0.717) is 16.8 Å². The maximum atomic E-state index is 12.3. The average molecular weight is 389 g/mol. The fourth-order valence-corrected chi connectivity index (χ4v) is 3.38. The number of hydrogen-bond acceptors (Lipinski definition) is 4. The first kappa shape index (κ1) is 20.6. The number of nitrogens with one attached hydrogen (secondary N) is 1. The molecule has 0 heterocycles. The van der Waals surface area contributed by atoms with Gasteiger partial charge in [-0.25, -0.2) is 13.2 Å². The fourth-order valence-electron chi connectivity index (χ4n) is 2.33. The number of rotatable bonds is 6. The second-order valence-electron chi connectivity index (χ2n) is 7.30. The molecule has 0 saturated heterocycles. The molecule has 0 saturated carbocycles. The number of hydrogen-bond donors (Lipinski definition) is 2. The van der Waals surface area contributed by atoms with Crippen LogP contribution in [0.25, 0.3) is 0 Å². The Kier molecular flexibility index (Phi) is 6.05. The monoisotopic (exact) mass is 389 g/mol. The zero-order valence-electron chi connectivity index (χ0n) is 15.5. The third kappa shape index (κ3) is 5.65. The first-order valence-electron chi connectivity index (χ1n) is 8.41. The highest BCUT2D eigenvalue weighted by Gasteiger charge is 2.29. The van der Waals surface area contributed by atoms with Crippen molar-refractivity contribution in [1.29, 1.82) is 0 Å². The molecule has 0 radical (unpaired) electrons. The van der Waals surface area contributed by atoms with Crippen molar-refractivity contribution in [2.24, 2.45) is 0 Å². The molecule has 2 aromatic rings. The summed E-state index contributed by atoms with van der Waals surface area (Å²) in [6.07, 6.45) is 0.0877. The summed E-state index contributed by atoms with van der Waals surface area (Å²) in [4.78, 5) is 23.1. The van der Waals surface area contributed by atoms with Gasteiger partial charge in [0.1, 0.15) is 0 Å². The van der Waals surface area contributed by atoms with E-state index in [0.717, 1.165) is 0 Å². The normalized spacial score (nSPS) is 11.8. The van der Waals surface area contributed by atoms with E-state index in [2.05, 4.69) is 5.32 Å². The summed E-state index contributed by atoms with van der Waals surface area (Å²) < 4.78 is 23.8. The zero-order chi connectivity index (χ0) is 20.2. The first-order valence-corrected chi connectivity index (χ1v) is 10.1. The molecule has 2 aromatic carbocycles. The topological polar surface area (TPSA) is 101 Å². The van der Waals surface area contributed by atoms with Crippen LogP contribution >= 0.6 is 0 Å². The molecule has 6 nitrogen and oxygen atoms in total. The average Bonchev–Trinajstić information content (AvgIpc) is 2.54. The lowest BCUT2D eigenvalue weighted by Crippen LogP contribution is -2.29. The number of benzene rings is 2. The molecular formula is C20H23NO5S. The van der Waals surface area contributed by atoms with Gasteiger partial charge in [-0.3, -0.25) is 4.79 Å². The van der Waals surface area contributed by atoms with Gasteiger partial charge >= 0.3 is 5.97 Å². The van der Waals surface area contributed by atoms with Crippen molar-refractivity contribution in [3.63, 3.8) is 0 Å². The van der Waals surface area contributed by atoms with Crippen molar-refractivity contribution in [3.05, 3.63) is 65.2 Å². The molecule has 0 aliphatic heterocycles. The van der Waals surface area contributed by atoms with Crippen LogP contribution in [0.4, 0.5) is 5.69 Å². The largest absolute Gasteiger partial charge is 0.478 e. The summed E-state index contributed by atoms with van der Waals surface area (Å²) >= 11 is 0. The molecule has 0 spiro atoms. The summed E-state index contributed by atoms with van der Waals surface area (Å²) in [7, 11) is -3.32. The Hall–Kier alpha value is -2.67. The molecule has 0 bridgehead atoms. The summed E-state index contributed by atoms with van der Waals surface area (Å²) in [5.41, 5.74) is 1.97. The van der Waals surface area contributed by atoms with Gasteiger partial charge in [0.15, 0.2) is 9.84 Å². The van der Waals surface area contributed by atoms with Crippen molar-refractivity contribution in [2.75, 3.05) is 5.32 Å². The first-order chi connectivity index (χ1) is 12.5. The van der Waals surface area contributed by atoms with Crippen molar-refractivity contribution < 1.29 is 23.1 Å². The van der Waals surface area contributed by atoms with Crippen LogP contribution in [0.3, 0.4) is 0 Å². The van der Waals surface area contributed by atoms with Gasteiger partial charge in [-0.05, 0) is 56.2 Å². The van der Waals surface area contributed by atoms with E-state index >= 15 is 0 Å². The fraction of sp³-hybridized carbons (Fsp3) is 0.300. The van der Waals surface area contributed by atoms with E-state index in [9.17, 15) is 18.0 Å². The lowest BCUT2D eigenvalue weighted by Gasteiger charge is -2.19. The van der Waals surface area contributed by atoms with Crippen molar-refractivity contribution in [1.82, 2.24) is 0 Å². The number of anilines is 1. The van der Waals surface area contributed by atoms with Crippen LogP contribution in [0.15, 0.2) is 48.5 Å². The van der Waals surface area contributed by atoms with Gasteiger partial charge in [0.05, 0.1) is 22.5 Å². The summed E-state index contributed by atoms with van der Waals surface area (Å²) in [5, 5.41) is 11.6. The van der Waals surface area contributed by atoms with Crippen LogP contribution in [-0.4, -0.2) is 30.1 Å². The molecule has 0 unspecified atom stereocenters. The van der Waals surface area contributed by atoms with Crippen molar-refractivity contribution in [2.45, 2.75) is 37.7 Å². The highest BCUT2D eigenvalue weighted by Crippen LogP contribution is 2.22. The van der Waals surface area contributed by atoms with Crippen LogP contribution in [0.1, 0.15) is 42.3 Å². The third-order valence-corrected chi connectivity index (χ3v) is 6.65.